The molecule has 0 aliphatic rings. The molecule has 0 aliphatic carbocycles. The smallest absolute Gasteiger partial charge is 0.272 e. The van der Waals surface area contributed by atoms with Crippen molar-refractivity contribution < 1.29 is 19.0 Å². The lowest BCUT2D eigenvalue weighted by Crippen LogP contribution is -2.12. The summed E-state index contributed by atoms with van der Waals surface area (Å²) in [5.41, 5.74) is 0.954. The first kappa shape index (κ1) is 21.4. The Morgan fingerprint density at radius 3 is 2.35 bits per heavy atom. The molecule has 0 radical (unpaired) electrons. The third kappa shape index (κ3) is 4.39. The zero-order valence-electron chi connectivity index (χ0n) is 18.2. The average molecular weight is 474 g/mol. The van der Waals surface area contributed by atoms with Gasteiger partial charge in [-0.25, -0.2) is 0 Å². The van der Waals surface area contributed by atoms with Gasteiger partial charge in [0.15, 0.2) is 5.75 Å². The Hall–Kier alpha value is -4.44. The number of aromatic nitrogens is 4. The largest absolute Gasteiger partial charge is 0.496 e. The zero-order chi connectivity index (χ0) is 23.5. The van der Waals surface area contributed by atoms with Gasteiger partial charge in [0.2, 0.25) is 0 Å². The van der Waals surface area contributed by atoms with E-state index in [0.29, 0.717) is 27.9 Å². The quantitative estimate of drug-likeness (QED) is 0.318. The van der Waals surface area contributed by atoms with Crippen molar-refractivity contribution in [3.63, 3.8) is 0 Å². The topological polar surface area (TPSA) is 111 Å². The minimum absolute atomic E-state index is 0.0737. The molecule has 10 heteroatoms. The summed E-state index contributed by atoms with van der Waals surface area (Å²) >= 11 is 1.31. The van der Waals surface area contributed by atoms with E-state index in [9.17, 15) is 4.79 Å². The van der Waals surface area contributed by atoms with Gasteiger partial charge in [0.1, 0.15) is 27.9 Å². The fourth-order valence-corrected chi connectivity index (χ4v) is 4.47. The first-order valence-electron chi connectivity index (χ1n) is 10.3. The lowest BCUT2D eigenvalue weighted by molar-refractivity contribution is 0.102. The van der Waals surface area contributed by atoms with Crippen LogP contribution in [-0.4, -0.2) is 33.6 Å². The monoisotopic (exact) mass is 473 g/mol. The Labute approximate surface area is 198 Å². The normalized spacial score (nSPS) is 10.8. The van der Waals surface area contributed by atoms with Crippen molar-refractivity contribution in [3.05, 3.63) is 77.2 Å². The molecule has 2 N–H and O–H groups in total. The summed E-state index contributed by atoms with van der Waals surface area (Å²) in [5, 5.41) is 16.7. The lowest BCUT2D eigenvalue weighted by atomic mass is 10.1. The summed E-state index contributed by atoms with van der Waals surface area (Å²) in [6, 6.07) is 20.5. The molecule has 0 saturated carbocycles. The number of rotatable bonds is 7. The van der Waals surface area contributed by atoms with Crippen LogP contribution < -0.4 is 19.5 Å². The number of tetrazole rings is 1. The second-order valence-electron chi connectivity index (χ2n) is 7.26. The van der Waals surface area contributed by atoms with E-state index in [-0.39, 0.29) is 5.95 Å². The molecule has 170 valence electrons. The number of benzene rings is 3. The molecule has 0 bridgehead atoms. The Kier molecular flexibility index (Phi) is 5.79. The fourth-order valence-electron chi connectivity index (χ4n) is 3.36. The Balaban J connectivity index is 1.48. The summed E-state index contributed by atoms with van der Waals surface area (Å²) in [6.45, 7) is 1.95. The molecule has 0 aliphatic heterocycles. The third-order valence-electron chi connectivity index (χ3n) is 4.96. The number of aryl methyl sites for hydroxylation is 1. The standard InChI is InChI=1S/C24H19N5O4S/c1-14-12-20-18(13-19(14)31-2)21(22(34-20)23(30)25-24-26-28-29-27-24)33-17-10-8-16(9-11-17)32-15-6-4-3-5-7-15/h3-13H,1-2H3,(H2,25,26,27,28,29,30). The molecule has 5 rings (SSSR count). The number of methoxy groups -OCH3 is 1. The highest BCUT2D eigenvalue weighted by Crippen LogP contribution is 2.43. The first-order chi connectivity index (χ1) is 16.6. The molecule has 3 aromatic carbocycles. The number of para-hydroxylation sites is 1. The minimum Gasteiger partial charge on any atom is -0.496 e. The molecule has 0 atom stereocenters. The van der Waals surface area contributed by atoms with Crippen LogP contribution in [0.5, 0.6) is 28.7 Å². The van der Waals surface area contributed by atoms with E-state index in [1.54, 1.807) is 31.4 Å². The molecule has 2 aromatic heterocycles. The number of hydrogen-bond donors (Lipinski definition) is 2. The molecule has 0 spiro atoms. The van der Waals surface area contributed by atoms with Crippen LogP contribution in [0.15, 0.2) is 66.7 Å². The molecule has 0 unspecified atom stereocenters. The van der Waals surface area contributed by atoms with Crippen molar-refractivity contribution in [2.24, 2.45) is 0 Å². The van der Waals surface area contributed by atoms with E-state index < -0.39 is 5.91 Å². The number of aromatic amines is 1. The second kappa shape index (κ2) is 9.20. The highest BCUT2D eigenvalue weighted by molar-refractivity contribution is 7.21. The molecular formula is C24H19N5O4S. The molecule has 2 heterocycles. The fraction of sp³-hybridized carbons (Fsp3) is 0.0833. The number of anilines is 1. The maximum atomic E-state index is 13.0. The van der Waals surface area contributed by atoms with Gasteiger partial charge in [0.05, 0.1) is 7.11 Å². The number of ether oxygens (including phenoxy) is 3. The van der Waals surface area contributed by atoms with Crippen LogP contribution in [0.4, 0.5) is 5.95 Å². The van der Waals surface area contributed by atoms with E-state index in [1.807, 2.05) is 49.4 Å². The van der Waals surface area contributed by atoms with Crippen LogP contribution in [0.2, 0.25) is 0 Å². The predicted molar refractivity (Wildman–Crippen MR) is 128 cm³/mol. The van der Waals surface area contributed by atoms with Crippen LogP contribution in [0.25, 0.3) is 10.1 Å². The van der Waals surface area contributed by atoms with Gasteiger partial charge in [-0.05, 0) is 66.2 Å². The summed E-state index contributed by atoms with van der Waals surface area (Å²) in [5.74, 6) is 2.74. The predicted octanol–water partition coefficient (Wildman–Crippen LogP) is 5.57. The van der Waals surface area contributed by atoms with Crippen LogP contribution in [0.3, 0.4) is 0 Å². The molecule has 9 nitrogen and oxygen atoms in total. The van der Waals surface area contributed by atoms with Crippen molar-refractivity contribution in [3.8, 4) is 28.7 Å². The molecular weight excluding hydrogens is 454 g/mol. The number of nitrogens with zero attached hydrogens (tertiary/aromatic N) is 3. The average Bonchev–Trinajstić information content (AvgIpc) is 3.48. The Bertz CT molecular complexity index is 1430. The highest BCUT2D eigenvalue weighted by atomic mass is 32.1. The Morgan fingerprint density at radius 1 is 0.971 bits per heavy atom. The van der Waals surface area contributed by atoms with Gasteiger partial charge in [0, 0.05) is 10.1 Å². The van der Waals surface area contributed by atoms with Gasteiger partial charge >= 0.3 is 0 Å². The van der Waals surface area contributed by atoms with E-state index in [0.717, 1.165) is 21.4 Å². The number of H-pyrrole nitrogens is 1. The number of carbonyl (C=O) groups excluding carboxylic acids is 1. The summed E-state index contributed by atoms with van der Waals surface area (Å²) < 4.78 is 18.4. The lowest BCUT2D eigenvalue weighted by Gasteiger charge is -2.10. The van der Waals surface area contributed by atoms with Crippen molar-refractivity contribution >= 4 is 33.3 Å². The molecule has 34 heavy (non-hydrogen) atoms. The van der Waals surface area contributed by atoms with Gasteiger partial charge < -0.3 is 14.2 Å². The number of fused-ring (bicyclic) bond motifs is 1. The van der Waals surface area contributed by atoms with Gasteiger partial charge in [-0.2, -0.15) is 5.21 Å². The van der Waals surface area contributed by atoms with E-state index >= 15 is 0 Å². The molecule has 0 saturated heterocycles. The van der Waals surface area contributed by atoms with Gasteiger partial charge in [-0.1, -0.05) is 23.3 Å². The van der Waals surface area contributed by atoms with Crippen molar-refractivity contribution in [2.45, 2.75) is 6.92 Å². The van der Waals surface area contributed by atoms with E-state index in [1.165, 1.54) is 11.3 Å². The summed E-state index contributed by atoms with van der Waals surface area (Å²) in [6.07, 6.45) is 0. The molecule has 1 amide bonds. The van der Waals surface area contributed by atoms with Gasteiger partial charge in [-0.15, -0.1) is 16.4 Å². The minimum atomic E-state index is -0.404. The second-order valence-corrected chi connectivity index (χ2v) is 8.31. The molecule has 5 aromatic rings. The van der Waals surface area contributed by atoms with E-state index in [4.69, 9.17) is 14.2 Å². The summed E-state index contributed by atoms with van der Waals surface area (Å²) in [7, 11) is 1.61. The zero-order valence-corrected chi connectivity index (χ0v) is 19.1. The van der Waals surface area contributed by atoms with Crippen LogP contribution in [0.1, 0.15) is 15.2 Å². The van der Waals surface area contributed by atoms with Crippen molar-refractivity contribution in [1.82, 2.24) is 20.6 Å². The maximum Gasteiger partial charge on any atom is 0.272 e. The van der Waals surface area contributed by atoms with Crippen LogP contribution in [0, 0.1) is 6.92 Å². The SMILES string of the molecule is COc1cc2c(Oc3ccc(Oc4ccccc4)cc3)c(C(=O)Nc3nn[nH]n3)sc2cc1C. The maximum absolute atomic E-state index is 13.0. The number of nitrogens with one attached hydrogen (secondary N) is 2. The number of hydrogen-bond acceptors (Lipinski definition) is 8. The van der Waals surface area contributed by atoms with Crippen molar-refractivity contribution in [1.29, 1.82) is 0 Å². The van der Waals surface area contributed by atoms with Crippen LogP contribution in [-0.2, 0) is 0 Å². The van der Waals surface area contributed by atoms with Gasteiger partial charge in [-0.3, -0.25) is 10.1 Å². The number of carbonyl (C=O) groups is 1. The number of thiophene rings is 1. The highest BCUT2D eigenvalue weighted by Gasteiger charge is 2.23. The molecule has 0 fully saturated rings. The van der Waals surface area contributed by atoms with E-state index in [2.05, 4.69) is 25.9 Å². The first-order valence-corrected chi connectivity index (χ1v) is 11.1. The van der Waals surface area contributed by atoms with Gasteiger partial charge in [0.25, 0.3) is 11.9 Å². The number of amides is 1. The Morgan fingerprint density at radius 2 is 1.68 bits per heavy atom. The summed E-state index contributed by atoms with van der Waals surface area (Å²) in [4.78, 5) is 13.4. The van der Waals surface area contributed by atoms with Crippen LogP contribution >= 0.6 is 11.3 Å². The third-order valence-corrected chi connectivity index (χ3v) is 6.09. The van der Waals surface area contributed by atoms with Crippen molar-refractivity contribution in [2.75, 3.05) is 12.4 Å².